The molecular weight excluding hydrogens is 326 g/mol. The quantitative estimate of drug-likeness (QED) is 0.847. The van der Waals surface area contributed by atoms with Crippen LogP contribution < -0.4 is 11.1 Å². The molecule has 3 N–H and O–H groups in total. The zero-order chi connectivity index (χ0) is 16.2. The summed E-state index contributed by atoms with van der Waals surface area (Å²) >= 11 is 0. The lowest BCUT2D eigenvalue weighted by Crippen LogP contribution is -2.43. The summed E-state index contributed by atoms with van der Waals surface area (Å²) in [5.74, 6) is 0.233. The molecule has 0 radical (unpaired) electrons. The number of likely N-dealkylation sites (tertiary alicyclic amines) is 1. The maximum Gasteiger partial charge on any atom is 0.225 e. The van der Waals surface area contributed by atoms with Crippen molar-refractivity contribution in [2.45, 2.75) is 38.3 Å². The second kappa shape index (κ2) is 8.49. The summed E-state index contributed by atoms with van der Waals surface area (Å²) in [6.45, 7) is 1.71. The highest BCUT2D eigenvalue weighted by Crippen LogP contribution is 2.26. The van der Waals surface area contributed by atoms with Crippen LogP contribution in [0.4, 0.5) is 0 Å². The first-order valence-electron chi connectivity index (χ1n) is 8.49. The molecule has 0 aromatic heterocycles. The Morgan fingerprint density at radius 3 is 2.71 bits per heavy atom. The van der Waals surface area contributed by atoms with Crippen LogP contribution in [0, 0.1) is 11.8 Å². The molecule has 1 aromatic rings. The van der Waals surface area contributed by atoms with Crippen molar-refractivity contribution < 1.29 is 9.59 Å². The van der Waals surface area contributed by atoms with Crippen LogP contribution in [0.2, 0.25) is 0 Å². The summed E-state index contributed by atoms with van der Waals surface area (Å²) in [6, 6.07) is 10.1. The van der Waals surface area contributed by atoms with Crippen molar-refractivity contribution in [3.63, 3.8) is 0 Å². The van der Waals surface area contributed by atoms with Gasteiger partial charge in [0.1, 0.15) is 0 Å². The van der Waals surface area contributed by atoms with Gasteiger partial charge in [0, 0.05) is 25.6 Å². The first-order chi connectivity index (χ1) is 11.2. The molecule has 5 nitrogen and oxygen atoms in total. The van der Waals surface area contributed by atoms with E-state index in [1.54, 1.807) is 4.90 Å². The SMILES string of the molecule is Cl.NCC1CCCC1NC(=O)C1CC(=O)N(Cc2ccccc2)C1. The zero-order valence-corrected chi connectivity index (χ0v) is 14.6. The second-order valence-electron chi connectivity index (χ2n) is 6.70. The van der Waals surface area contributed by atoms with Gasteiger partial charge in [-0.25, -0.2) is 0 Å². The lowest BCUT2D eigenvalue weighted by molar-refractivity contribution is -0.129. The molecule has 2 aliphatic rings. The lowest BCUT2D eigenvalue weighted by Gasteiger charge is -2.22. The molecule has 1 saturated heterocycles. The van der Waals surface area contributed by atoms with Crippen molar-refractivity contribution >= 4 is 24.2 Å². The third-order valence-corrected chi connectivity index (χ3v) is 5.09. The van der Waals surface area contributed by atoms with Crippen LogP contribution in [-0.4, -0.2) is 35.8 Å². The fourth-order valence-electron chi connectivity index (χ4n) is 3.71. The van der Waals surface area contributed by atoms with Crippen LogP contribution in [0.25, 0.3) is 0 Å². The zero-order valence-electron chi connectivity index (χ0n) is 13.8. The van der Waals surface area contributed by atoms with Gasteiger partial charge in [-0.15, -0.1) is 12.4 Å². The van der Waals surface area contributed by atoms with Crippen LogP contribution in [0.5, 0.6) is 0 Å². The van der Waals surface area contributed by atoms with Crippen molar-refractivity contribution in [2.75, 3.05) is 13.1 Å². The Kier molecular flexibility index (Phi) is 6.63. The average Bonchev–Trinajstić information content (AvgIpc) is 3.15. The van der Waals surface area contributed by atoms with Gasteiger partial charge in [0.05, 0.1) is 5.92 Å². The highest BCUT2D eigenvalue weighted by molar-refractivity contribution is 5.89. The minimum Gasteiger partial charge on any atom is -0.353 e. The smallest absolute Gasteiger partial charge is 0.225 e. The summed E-state index contributed by atoms with van der Waals surface area (Å²) < 4.78 is 0. The van der Waals surface area contributed by atoms with Gasteiger partial charge in [-0.3, -0.25) is 9.59 Å². The number of hydrogen-bond donors (Lipinski definition) is 2. The van der Waals surface area contributed by atoms with Crippen LogP contribution in [0.1, 0.15) is 31.2 Å². The Bertz CT molecular complexity index is 567. The molecular formula is C18H26ClN3O2. The Labute approximate surface area is 149 Å². The summed E-state index contributed by atoms with van der Waals surface area (Å²) in [5.41, 5.74) is 6.87. The normalized spacial score (nSPS) is 26.3. The third kappa shape index (κ3) is 4.28. The van der Waals surface area contributed by atoms with Crippen LogP contribution >= 0.6 is 12.4 Å². The topological polar surface area (TPSA) is 75.4 Å². The molecule has 0 bridgehead atoms. The summed E-state index contributed by atoms with van der Waals surface area (Å²) in [4.78, 5) is 26.4. The van der Waals surface area contributed by atoms with E-state index < -0.39 is 0 Å². The monoisotopic (exact) mass is 351 g/mol. The minimum atomic E-state index is -0.231. The Morgan fingerprint density at radius 2 is 2.00 bits per heavy atom. The molecule has 0 spiro atoms. The number of benzene rings is 1. The number of amides is 2. The predicted molar refractivity (Wildman–Crippen MR) is 95.5 cm³/mol. The number of carbonyl (C=O) groups excluding carboxylic acids is 2. The van der Waals surface area contributed by atoms with Crippen molar-refractivity contribution in [2.24, 2.45) is 17.6 Å². The van der Waals surface area contributed by atoms with Gasteiger partial charge in [-0.05, 0) is 30.9 Å². The van der Waals surface area contributed by atoms with E-state index in [1.807, 2.05) is 30.3 Å². The molecule has 2 amide bonds. The largest absolute Gasteiger partial charge is 0.353 e. The van der Waals surface area contributed by atoms with E-state index in [9.17, 15) is 9.59 Å². The van der Waals surface area contributed by atoms with E-state index in [0.717, 1.165) is 24.8 Å². The molecule has 24 heavy (non-hydrogen) atoms. The fraction of sp³-hybridized carbons (Fsp3) is 0.556. The van der Waals surface area contributed by atoms with Crippen LogP contribution in [0.3, 0.4) is 0 Å². The second-order valence-corrected chi connectivity index (χ2v) is 6.70. The molecule has 1 heterocycles. The average molecular weight is 352 g/mol. The maximum atomic E-state index is 12.5. The van der Waals surface area contributed by atoms with Gasteiger partial charge >= 0.3 is 0 Å². The molecule has 3 unspecified atom stereocenters. The van der Waals surface area contributed by atoms with E-state index in [2.05, 4.69) is 5.32 Å². The van der Waals surface area contributed by atoms with Crippen molar-refractivity contribution in [3.05, 3.63) is 35.9 Å². The standard InChI is InChI=1S/C18H25N3O2.ClH/c19-10-14-7-4-8-16(14)20-18(23)15-9-17(22)21(12-15)11-13-5-2-1-3-6-13;/h1-3,5-6,14-16H,4,7-12,19H2,(H,20,23);1H. The van der Waals surface area contributed by atoms with E-state index in [0.29, 0.717) is 32.0 Å². The highest BCUT2D eigenvalue weighted by Gasteiger charge is 2.36. The molecule has 132 valence electrons. The molecule has 3 rings (SSSR count). The number of hydrogen-bond acceptors (Lipinski definition) is 3. The summed E-state index contributed by atoms with van der Waals surface area (Å²) in [6.07, 6.45) is 3.53. The lowest BCUT2D eigenvalue weighted by atomic mass is 10.0. The molecule has 1 aromatic carbocycles. The van der Waals surface area contributed by atoms with E-state index >= 15 is 0 Å². The fourth-order valence-corrected chi connectivity index (χ4v) is 3.71. The van der Waals surface area contributed by atoms with Gasteiger partial charge in [0.2, 0.25) is 11.8 Å². The Morgan fingerprint density at radius 1 is 1.25 bits per heavy atom. The van der Waals surface area contributed by atoms with Crippen LogP contribution in [0.15, 0.2) is 30.3 Å². The maximum absolute atomic E-state index is 12.5. The molecule has 6 heteroatoms. The first kappa shape index (κ1) is 18.7. The Hall–Kier alpha value is -1.59. The molecule has 1 aliphatic carbocycles. The predicted octanol–water partition coefficient (Wildman–Crippen LogP) is 1.70. The number of nitrogens with two attached hydrogens (primary N) is 1. The van der Waals surface area contributed by atoms with Gasteiger partial charge in [-0.2, -0.15) is 0 Å². The number of carbonyl (C=O) groups is 2. The third-order valence-electron chi connectivity index (χ3n) is 5.09. The molecule has 1 aliphatic heterocycles. The summed E-state index contributed by atoms with van der Waals surface area (Å²) in [7, 11) is 0. The van der Waals surface area contributed by atoms with Crippen molar-refractivity contribution in [1.82, 2.24) is 10.2 Å². The molecule has 1 saturated carbocycles. The highest BCUT2D eigenvalue weighted by atomic mass is 35.5. The van der Waals surface area contributed by atoms with Gasteiger partial charge in [0.15, 0.2) is 0 Å². The van der Waals surface area contributed by atoms with E-state index in [1.165, 1.54) is 0 Å². The summed E-state index contributed by atoms with van der Waals surface area (Å²) in [5, 5.41) is 3.13. The van der Waals surface area contributed by atoms with E-state index in [4.69, 9.17) is 5.73 Å². The number of nitrogens with zero attached hydrogens (tertiary/aromatic N) is 1. The first-order valence-corrected chi connectivity index (χ1v) is 8.49. The van der Waals surface area contributed by atoms with Crippen molar-refractivity contribution in [3.8, 4) is 0 Å². The van der Waals surface area contributed by atoms with Gasteiger partial charge in [-0.1, -0.05) is 36.8 Å². The number of nitrogens with one attached hydrogen (secondary N) is 1. The Balaban J connectivity index is 0.00000208. The van der Waals surface area contributed by atoms with Crippen LogP contribution in [-0.2, 0) is 16.1 Å². The molecule has 3 atom stereocenters. The number of halogens is 1. The van der Waals surface area contributed by atoms with E-state index in [-0.39, 0.29) is 36.2 Å². The minimum absolute atomic E-state index is 0. The van der Waals surface area contributed by atoms with Gasteiger partial charge < -0.3 is 16.0 Å². The number of rotatable bonds is 5. The van der Waals surface area contributed by atoms with Crippen molar-refractivity contribution in [1.29, 1.82) is 0 Å². The van der Waals surface area contributed by atoms with Gasteiger partial charge in [0.25, 0.3) is 0 Å². The molecule has 2 fully saturated rings.